The normalized spacial score (nSPS) is 11.4. The number of aliphatic hydroxyl groups excluding tert-OH is 1. The second kappa shape index (κ2) is 6.47. The van der Waals surface area contributed by atoms with Gasteiger partial charge in [0.1, 0.15) is 0 Å². The molecular weight excluding hydrogens is 246 g/mol. The van der Waals surface area contributed by atoms with Crippen LogP contribution in [0.5, 0.6) is 0 Å². The predicted molar refractivity (Wildman–Crippen MR) is 74.2 cm³/mol. The maximum absolute atomic E-state index is 11.0. The van der Waals surface area contributed by atoms with E-state index < -0.39 is 4.92 Å². The van der Waals surface area contributed by atoms with Crippen LogP contribution in [-0.4, -0.2) is 28.2 Å². The molecule has 0 unspecified atom stereocenters. The second-order valence-electron chi connectivity index (χ2n) is 5.48. The van der Waals surface area contributed by atoms with Crippen molar-refractivity contribution in [2.24, 2.45) is 5.41 Å². The standard InChI is InChI=1S/C13H21N3O3/c1-10-7-11(16(18)19)12(14-8-10)15-9-13(2,3)5-4-6-17/h7-8,17H,4-6,9H2,1-3H3,(H,14,15). The zero-order valence-electron chi connectivity index (χ0n) is 11.6. The van der Waals surface area contributed by atoms with Crippen molar-refractivity contribution in [1.29, 1.82) is 0 Å². The largest absolute Gasteiger partial charge is 0.396 e. The lowest BCUT2D eigenvalue weighted by Gasteiger charge is -2.24. The van der Waals surface area contributed by atoms with Crippen molar-refractivity contribution in [3.8, 4) is 0 Å². The number of nitrogens with zero attached hydrogens (tertiary/aromatic N) is 2. The molecule has 0 aromatic carbocycles. The van der Waals surface area contributed by atoms with Gasteiger partial charge in [-0.25, -0.2) is 4.98 Å². The number of aliphatic hydroxyl groups is 1. The van der Waals surface area contributed by atoms with Gasteiger partial charge in [0, 0.05) is 25.4 Å². The fraction of sp³-hybridized carbons (Fsp3) is 0.615. The van der Waals surface area contributed by atoms with Gasteiger partial charge in [-0.2, -0.15) is 0 Å². The molecule has 0 fully saturated rings. The Hall–Kier alpha value is -1.69. The van der Waals surface area contributed by atoms with E-state index in [1.165, 1.54) is 6.07 Å². The van der Waals surface area contributed by atoms with E-state index in [-0.39, 0.29) is 17.7 Å². The lowest BCUT2D eigenvalue weighted by atomic mass is 9.88. The van der Waals surface area contributed by atoms with E-state index in [9.17, 15) is 10.1 Å². The van der Waals surface area contributed by atoms with E-state index in [4.69, 9.17) is 5.11 Å². The van der Waals surface area contributed by atoms with E-state index >= 15 is 0 Å². The molecule has 0 spiro atoms. The third-order valence-corrected chi connectivity index (χ3v) is 2.95. The average Bonchev–Trinajstić information content (AvgIpc) is 2.35. The molecule has 1 aromatic rings. The summed E-state index contributed by atoms with van der Waals surface area (Å²) in [5.41, 5.74) is 0.707. The average molecular weight is 267 g/mol. The second-order valence-corrected chi connectivity index (χ2v) is 5.48. The first-order chi connectivity index (χ1) is 8.85. The first-order valence-electron chi connectivity index (χ1n) is 6.31. The SMILES string of the molecule is Cc1cnc(NCC(C)(C)CCCO)c([N+](=O)[O-])c1. The minimum atomic E-state index is -0.428. The van der Waals surface area contributed by atoms with Crippen molar-refractivity contribution in [1.82, 2.24) is 4.98 Å². The Labute approximate surface area is 113 Å². The van der Waals surface area contributed by atoms with Gasteiger partial charge in [0.2, 0.25) is 5.82 Å². The maximum Gasteiger partial charge on any atom is 0.311 e. The van der Waals surface area contributed by atoms with Crippen molar-refractivity contribution in [3.05, 3.63) is 27.9 Å². The summed E-state index contributed by atoms with van der Waals surface area (Å²) in [5.74, 6) is 0.299. The van der Waals surface area contributed by atoms with Gasteiger partial charge in [0.05, 0.1) is 4.92 Å². The smallest absolute Gasteiger partial charge is 0.311 e. The van der Waals surface area contributed by atoms with Crippen LogP contribution in [0.1, 0.15) is 32.3 Å². The van der Waals surface area contributed by atoms with Gasteiger partial charge >= 0.3 is 5.69 Å². The summed E-state index contributed by atoms with van der Waals surface area (Å²) in [7, 11) is 0. The molecule has 106 valence electrons. The summed E-state index contributed by atoms with van der Waals surface area (Å²) in [6.07, 6.45) is 3.17. The van der Waals surface area contributed by atoms with Crippen molar-refractivity contribution < 1.29 is 10.0 Å². The van der Waals surface area contributed by atoms with Gasteiger partial charge in [-0.05, 0) is 30.7 Å². The number of rotatable bonds is 7. The molecule has 1 heterocycles. The van der Waals surface area contributed by atoms with Crippen molar-refractivity contribution in [3.63, 3.8) is 0 Å². The Morgan fingerprint density at radius 2 is 2.21 bits per heavy atom. The molecular formula is C13H21N3O3. The lowest BCUT2D eigenvalue weighted by molar-refractivity contribution is -0.384. The first-order valence-corrected chi connectivity index (χ1v) is 6.31. The minimum Gasteiger partial charge on any atom is -0.396 e. The van der Waals surface area contributed by atoms with Crippen LogP contribution in [0.15, 0.2) is 12.3 Å². The molecule has 0 saturated heterocycles. The van der Waals surface area contributed by atoms with Gasteiger partial charge in [0.15, 0.2) is 0 Å². The molecule has 0 aliphatic heterocycles. The number of pyridine rings is 1. The predicted octanol–water partition coefficient (Wildman–Crippen LogP) is 2.51. The van der Waals surface area contributed by atoms with Crippen LogP contribution in [-0.2, 0) is 0 Å². The van der Waals surface area contributed by atoms with Crippen LogP contribution in [0.2, 0.25) is 0 Å². The quantitative estimate of drug-likeness (QED) is 0.585. The monoisotopic (exact) mass is 267 g/mol. The lowest BCUT2D eigenvalue weighted by Crippen LogP contribution is -2.24. The van der Waals surface area contributed by atoms with Crippen molar-refractivity contribution >= 4 is 11.5 Å². The summed E-state index contributed by atoms with van der Waals surface area (Å²) in [6.45, 7) is 6.61. The number of aromatic nitrogens is 1. The highest BCUT2D eigenvalue weighted by Gasteiger charge is 2.21. The Bertz CT molecular complexity index is 447. The molecule has 0 amide bonds. The van der Waals surface area contributed by atoms with E-state index in [0.717, 1.165) is 18.4 Å². The summed E-state index contributed by atoms with van der Waals surface area (Å²) in [4.78, 5) is 14.6. The van der Waals surface area contributed by atoms with Crippen LogP contribution in [0, 0.1) is 22.5 Å². The summed E-state index contributed by atoms with van der Waals surface area (Å²) < 4.78 is 0. The van der Waals surface area contributed by atoms with Gasteiger partial charge in [-0.1, -0.05) is 13.8 Å². The first kappa shape index (κ1) is 15.4. The number of hydrogen-bond acceptors (Lipinski definition) is 5. The van der Waals surface area contributed by atoms with Gasteiger partial charge in [0.25, 0.3) is 0 Å². The molecule has 2 N–H and O–H groups in total. The van der Waals surface area contributed by atoms with Crippen LogP contribution in [0.3, 0.4) is 0 Å². The highest BCUT2D eigenvalue weighted by atomic mass is 16.6. The molecule has 6 heteroatoms. The minimum absolute atomic E-state index is 0.00189. The van der Waals surface area contributed by atoms with Crippen molar-refractivity contribution in [2.45, 2.75) is 33.6 Å². The summed E-state index contributed by atoms with van der Waals surface area (Å²) in [6, 6.07) is 1.51. The van der Waals surface area contributed by atoms with E-state index in [2.05, 4.69) is 24.1 Å². The van der Waals surface area contributed by atoms with E-state index in [0.29, 0.717) is 12.4 Å². The Morgan fingerprint density at radius 3 is 2.79 bits per heavy atom. The number of hydrogen-bond donors (Lipinski definition) is 2. The molecule has 1 rings (SSSR count). The fourth-order valence-corrected chi connectivity index (χ4v) is 1.80. The third kappa shape index (κ3) is 4.82. The maximum atomic E-state index is 11.0. The highest BCUT2D eigenvalue weighted by Crippen LogP contribution is 2.26. The van der Waals surface area contributed by atoms with E-state index in [1.807, 2.05) is 0 Å². The molecule has 0 aliphatic carbocycles. The molecule has 0 aliphatic rings. The number of anilines is 1. The Morgan fingerprint density at radius 1 is 1.53 bits per heavy atom. The number of nitrogens with one attached hydrogen (secondary N) is 1. The molecule has 0 atom stereocenters. The van der Waals surface area contributed by atoms with Crippen LogP contribution in [0.25, 0.3) is 0 Å². The fourth-order valence-electron chi connectivity index (χ4n) is 1.80. The molecule has 0 saturated carbocycles. The van der Waals surface area contributed by atoms with Gasteiger partial charge in [-0.15, -0.1) is 0 Å². The molecule has 0 radical (unpaired) electrons. The zero-order chi connectivity index (χ0) is 14.5. The van der Waals surface area contributed by atoms with Gasteiger partial charge in [-0.3, -0.25) is 10.1 Å². The number of aryl methyl sites for hydroxylation is 1. The van der Waals surface area contributed by atoms with Crippen molar-refractivity contribution in [2.75, 3.05) is 18.5 Å². The topological polar surface area (TPSA) is 88.3 Å². The molecule has 19 heavy (non-hydrogen) atoms. The Kier molecular flexibility index (Phi) is 5.23. The summed E-state index contributed by atoms with van der Waals surface area (Å²) in [5, 5.41) is 22.8. The van der Waals surface area contributed by atoms with Crippen LogP contribution >= 0.6 is 0 Å². The molecule has 6 nitrogen and oxygen atoms in total. The summed E-state index contributed by atoms with van der Waals surface area (Å²) >= 11 is 0. The molecule has 1 aromatic heterocycles. The highest BCUT2D eigenvalue weighted by molar-refractivity contribution is 5.56. The zero-order valence-corrected chi connectivity index (χ0v) is 11.6. The number of nitro groups is 1. The third-order valence-electron chi connectivity index (χ3n) is 2.95. The van der Waals surface area contributed by atoms with E-state index in [1.54, 1.807) is 13.1 Å². The van der Waals surface area contributed by atoms with Crippen LogP contribution < -0.4 is 5.32 Å². The Balaban J connectivity index is 2.75. The molecule has 0 bridgehead atoms. The van der Waals surface area contributed by atoms with Gasteiger partial charge < -0.3 is 10.4 Å². The van der Waals surface area contributed by atoms with Crippen LogP contribution in [0.4, 0.5) is 11.5 Å².